The molecule has 2 atom stereocenters. The highest BCUT2D eigenvalue weighted by Gasteiger charge is 2.53. The van der Waals surface area contributed by atoms with Gasteiger partial charge in [0.05, 0.1) is 4.87 Å². The summed E-state index contributed by atoms with van der Waals surface area (Å²) in [6.45, 7) is 1.65. The molecule has 0 radical (unpaired) electrons. The van der Waals surface area contributed by atoms with Gasteiger partial charge < -0.3 is 14.5 Å². The largest absolute Gasteiger partial charge is 0.454 e. The number of nitrogens with zero attached hydrogens (tertiary/aromatic N) is 2. The Bertz CT molecular complexity index is 666. The third-order valence-electron chi connectivity index (χ3n) is 4.57. The Morgan fingerprint density at radius 2 is 2.08 bits per heavy atom. The topological polar surface area (TPSA) is 66.9 Å². The van der Waals surface area contributed by atoms with Crippen molar-refractivity contribution in [2.75, 3.05) is 24.3 Å². The maximum absolute atomic E-state index is 12.3. The van der Waals surface area contributed by atoms with Crippen LogP contribution in [0.3, 0.4) is 0 Å². The average Bonchev–Trinajstić information content (AvgIpc) is 3.09. The van der Waals surface area contributed by atoms with Crippen LogP contribution >= 0.6 is 11.8 Å². The van der Waals surface area contributed by atoms with Gasteiger partial charge in [0.15, 0.2) is 6.61 Å². The van der Waals surface area contributed by atoms with E-state index in [9.17, 15) is 14.4 Å². The van der Waals surface area contributed by atoms with Gasteiger partial charge in [0, 0.05) is 24.9 Å². The number of fused-ring (bicyclic) bond motifs is 1. The lowest BCUT2D eigenvalue weighted by Gasteiger charge is -2.29. The first-order valence-electron chi connectivity index (χ1n) is 7.87. The molecule has 24 heavy (non-hydrogen) atoms. The smallest absolute Gasteiger partial charge is 0.330 e. The molecule has 2 saturated heterocycles. The molecule has 0 unspecified atom stereocenters. The van der Waals surface area contributed by atoms with E-state index < -0.39 is 12.0 Å². The second-order valence-electron chi connectivity index (χ2n) is 6.16. The second kappa shape index (κ2) is 6.47. The van der Waals surface area contributed by atoms with Crippen molar-refractivity contribution in [3.63, 3.8) is 0 Å². The molecule has 2 fully saturated rings. The van der Waals surface area contributed by atoms with Crippen molar-refractivity contribution < 1.29 is 19.1 Å². The van der Waals surface area contributed by atoms with E-state index in [1.165, 1.54) is 4.90 Å². The van der Waals surface area contributed by atoms with Crippen LogP contribution in [-0.4, -0.2) is 53.0 Å². The van der Waals surface area contributed by atoms with Crippen molar-refractivity contribution in [2.45, 2.75) is 30.7 Å². The molecule has 2 aliphatic heterocycles. The predicted octanol–water partition coefficient (Wildman–Crippen LogP) is 1.65. The highest BCUT2D eigenvalue weighted by Crippen LogP contribution is 2.47. The van der Waals surface area contributed by atoms with Gasteiger partial charge in [-0.3, -0.25) is 9.59 Å². The molecule has 2 amide bonds. The SMILES string of the molecule is CN(C(=O)COC(=O)[C@H]1CS[C@]2(C)CCC(=O)N12)c1ccccc1. The molecule has 0 saturated carbocycles. The standard InChI is InChI=1S/C17H20N2O4S/c1-17-9-8-14(20)19(17)13(11-24-17)16(22)23-10-15(21)18(2)12-6-4-3-5-7-12/h3-7,13H,8-11H2,1-2H3/t13-,17-/m1/s1. The Balaban J connectivity index is 1.58. The Labute approximate surface area is 145 Å². The molecule has 0 aromatic heterocycles. The summed E-state index contributed by atoms with van der Waals surface area (Å²) < 4.78 is 5.19. The summed E-state index contributed by atoms with van der Waals surface area (Å²) in [6.07, 6.45) is 1.21. The van der Waals surface area contributed by atoms with Crippen molar-refractivity contribution in [2.24, 2.45) is 0 Å². The van der Waals surface area contributed by atoms with Crippen molar-refractivity contribution in [1.82, 2.24) is 4.90 Å². The summed E-state index contributed by atoms with van der Waals surface area (Å²) in [4.78, 5) is 39.3. The fraction of sp³-hybridized carbons (Fsp3) is 0.471. The van der Waals surface area contributed by atoms with E-state index >= 15 is 0 Å². The van der Waals surface area contributed by atoms with Crippen LogP contribution in [0, 0.1) is 0 Å². The van der Waals surface area contributed by atoms with Crippen LogP contribution < -0.4 is 4.90 Å². The van der Waals surface area contributed by atoms with Crippen molar-refractivity contribution in [3.05, 3.63) is 30.3 Å². The summed E-state index contributed by atoms with van der Waals surface area (Å²) in [5, 5.41) is 0. The minimum absolute atomic E-state index is 0.0165. The maximum Gasteiger partial charge on any atom is 0.330 e. The second-order valence-corrected chi connectivity index (χ2v) is 7.66. The minimum Gasteiger partial charge on any atom is -0.454 e. The number of amides is 2. The van der Waals surface area contributed by atoms with Gasteiger partial charge in [-0.15, -0.1) is 11.8 Å². The molecule has 0 spiro atoms. The zero-order valence-electron chi connectivity index (χ0n) is 13.7. The highest BCUT2D eigenvalue weighted by molar-refractivity contribution is 8.01. The van der Waals surface area contributed by atoms with E-state index in [1.54, 1.807) is 23.7 Å². The lowest BCUT2D eigenvalue weighted by molar-refractivity contribution is -0.155. The summed E-state index contributed by atoms with van der Waals surface area (Å²) >= 11 is 1.60. The third-order valence-corrected chi connectivity index (χ3v) is 6.08. The lowest BCUT2D eigenvalue weighted by atomic mass is 10.2. The van der Waals surface area contributed by atoms with Gasteiger partial charge in [0.25, 0.3) is 5.91 Å². The van der Waals surface area contributed by atoms with Crippen LogP contribution in [0.4, 0.5) is 5.69 Å². The van der Waals surface area contributed by atoms with Gasteiger partial charge in [-0.2, -0.15) is 0 Å². The fourth-order valence-electron chi connectivity index (χ4n) is 3.12. The van der Waals surface area contributed by atoms with Crippen LogP contribution in [-0.2, 0) is 19.1 Å². The molecule has 0 aliphatic carbocycles. The summed E-state index contributed by atoms with van der Waals surface area (Å²) in [5.74, 6) is -0.312. The van der Waals surface area contributed by atoms with Crippen LogP contribution in [0.2, 0.25) is 0 Å². The van der Waals surface area contributed by atoms with Gasteiger partial charge in [-0.1, -0.05) is 18.2 Å². The van der Waals surface area contributed by atoms with Gasteiger partial charge in [0.1, 0.15) is 6.04 Å². The average molecular weight is 348 g/mol. The van der Waals surface area contributed by atoms with Crippen LogP contribution in [0.1, 0.15) is 19.8 Å². The number of esters is 1. The number of anilines is 1. The normalized spacial score (nSPS) is 25.5. The molecule has 2 heterocycles. The summed E-state index contributed by atoms with van der Waals surface area (Å²) in [6, 6.07) is 8.55. The molecular weight excluding hydrogens is 328 g/mol. The number of ether oxygens (including phenoxy) is 1. The molecule has 128 valence electrons. The first-order valence-corrected chi connectivity index (χ1v) is 8.85. The van der Waals surface area contributed by atoms with Gasteiger partial charge in [-0.25, -0.2) is 4.79 Å². The molecular formula is C17H20N2O4S. The lowest BCUT2D eigenvalue weighted by Crippen LogP contribution is -2.47. The van der Waals surface area contributed by atoms with Gasteiger partial charge in [0.2, 0.25) is 5.91 Å². The maximum atomic E-state index is 12.3. The van der Waals surface area contributed by atoms with Crippen LogP contribution in [0.15, 0.2) is 30.3 Å². The molecule has 0 bridgehead atoms. The van der Waals surface area contributed by atoms with E-state index in [1.807, 2.05) is 37.3 Å². The Hall–Kier alpha value is -2.02. The number of carbonyl (C=O) groups excluding carboxylic acids is 3. The van der Waals surface area contributed by atoms with Crippen LogP contribution in [0.5, 0.6) is 0 Å². The van der Waals surface area contributed by atoms with E-state index in [2.05, 4.69) is 0 Å². The monoisotopic (exact) mass is 348 g/mol. The number of likely N-dealkylation sites (N-methyl/N-ethyl adjacent to an activating group) is 1. The van der Waals surface area contributed by atoms with E-state index in [0.29, 0.717) is 12.2 Å². The first-order chi connectivity index (χ1) is 11.4. The zero-order valence-corrected chi connectivity index (χ0v) is 14.5. The number of hydrogen-bond acceptors (Lipinski definition) is 5. The minimum atomic E-state index is -0.593. The van der Waals surface area contributed by atoms with Crippen molar-refractivity contribution >= 4 is 35.2 Å². The Kier molecular flexibility index (Phi) is 4.54. The Morgan fingerprint density at radius 1 is 1.38 bits per heavy atom. The molecule has 1 aromatic carbocycles. The quantitative estimate of drug-likeness (QED) is 0.774. The third kappa shape index (κ3) is 3.00. The number of para-hydroxylation sites is 1. The van der Waals surface area contributed by atoms with Crippen molar-refractivity contribution in [3.8, 4) is 0 Å². The van der Waals surface area contributed by atoms with Crippen molar-refractivity contribution in [1.29, 1.82) is 0 Å². The van der Waals surface area contributed by atoms with Gasteiger partial charge >= 0.3 is 5.97 Å². The summed E-state index contributed by atoms with van der Waals surface area (Å²) in [7, 11) is 1.64. The summed E-state index contributed by atoms with van der Waals surface area (Å²) in [5.41, 5.74) is 0.734. The van der Waals surface area contributed by atoms with E-state index in [4.69, 9.17) is 4.74 Å². The number of carbonyl (C=O) groups is 3. The fourth-order valence-corrected chi connectivity index (χ4v) is 4.53. The molecule has 0 N–H and O–H groups in total. The number of benzene rings is 1. The molecule has 7 heteroatoms. The highest BCUT2D eigenvalue weighted by atomic mass is 32.2. The molecule has 2 aliphatic rings. The molecule has 1 aromatic rings. The number of rotatable bonds is 4. The number of hydrogen-bond donors (Lipinski definition) is 0. The Morgan fingerprint density at radius 3 is 2.79 bits per heavy atom. The van der Waals surface area contributed by atoms with Crippen LogP contribution in [0.25, 0.3) is 0 Å². The zero-order chi connectivity index (χ0) is 17.3. The molecule has 3 rings (SSSR count). The van der Waals surface area contributed by atoms with E-state index in [-0.39, 0.29) is 23.3 Å². The number of thioether (sulfide) groups is 1. The molecule has 6 nitrogen and oxygen atoms in total. The first kappa shape index (κ1) is 16.8. The predicted molar refractivity (Wildman–Crippen MR) is 91.5 cm³/mol. The van der Waals surface area contributed by atoms with E-state index in [0.717, 1.165) is 12.1 Å². The van der Waals surface area contributed by atoms with Gasteiger partial charge in [-0.05, 0) is 25.5 Å².